The molecule has 7 heteroatoms. The Bertz CT molecular complexity index is 423. The molecule has 0 radical (unpaired) electrons. The highest BCUT2D eigenvalue weighted by Gasteiger charge is 2.30. The number of benzene rings is 1. The van der Waals surface area contributed by atoms with Gasteiger partial charge in [-0.15, -0.1) is 0 Å². The summed E-state index contributed by atoms with van der Waals surface area (Å²) in [6, 6.07) is 2.97. The van der Waals surface area contributed by atoms with Crippen molar-refractivity contribution in [2.24, 2.45) is 0 Å². The summed E-state index contributed by atoms with van der Waals surface area (Å²) in [5, 5.41) is 2.58. The van der Waals surface area contributed by atoms with Crippen LogP contribution in [0.15, 0.2) is 18.2 Å². The lowest BCUT2D eigenvalue weighted by Gasteiger charge is -2.10. The van der Waals surface area contributed by atoms with E-state index in [2.05, 4.69) is 17.9 Å². The van der Waals surface area contributed by atoms with E-state index in [1.54, 1.807) is 0 Å². The third-order valence-electron chi connectivity index (χ3n) is 1.99. The van der Waals surface area contributed by atoms with Gasteiger partial charge in [-0.1, -0.05) is 11.6 Å². The number of halogens is 4. The molecule has 0 bridgehead atoms. The van der Waals surface area contributed by atoms with E-state index in [4.69, 9.17) is 11.6 Å². The maximum absolute atomic E-state index is 12.4. The Kier molecular flexibility index (Phi) is 4.70. The minimum absolute atomic E-state index is 0.0312. The topological polar surface area (TPSA) is 29.1 Å². The van der Waals surface area contributed by atoms with Gasteiger partial charge in [0.2, 0.25) is 5.91 Å². The maximum atomic E-state index is 12.4. The van der Waals surface area contributed by atoms with Gasteiger partial charge in [0, 0.05) is 11.6 Å². The second-order valence-electron chi connectivity index (χ2n) is 3.24. The van der Waals surface area contributed by atoms with Crippen molar-refractivity contribution >= 4 is 30.1 Å². The lowest BCUT2D eigenvalue weighted by molar-refractivity contribution is -0.137. The van der Waals surface area contributed by atoms with Crippen molar-refractivity contribution in [1.29, 1.82) is 0 Å². The molecular weight excluding hydrogens is 275 g/mol. The molecule has 0 aromatic heterocycles. The zero-order chi connectivity index (χ0) is 13.1. The molecular formula is C10H9ClF3NOS. The molecule has 94 valence electrons. The van der Waals surface area contributed by atoms with Gasteiger partial charge in [-0.05, 0) is 23.8 Å². The molecule has 0 heterocycles. The first-order valence-electron chi connectivity index (χ1n) is 4.57. The van der Waals surface area contributed by atoms with E-state index in [-0.39, 0.29) is 28.8 Å². The van der Waals surface area contributed by atoms with Gasteiger partial charge in [-0.3, -0.25) is 4.79 Å². The Morgan fingerprint density at radius 1 is 1.41 bits per heavy atom. The van der Waals surface area contributed by atoms with Crippen molar-refractivity contribution in [3.05, 3.63) is 34.3 Å². The van der Waals surface area contributed by atoms with Crippen LogP contribution >= 0.6 is 24.2 Å². The van der Waals surface area contributed by atoms with E-state index in [0.717, 1.165) is 18.2 Å². The smallest absolute Gasteiger partial charge is 0.351 e. The quantitative estimate of drug-likeness (QED) is 0.821. The third-order valence-corrected chi connectivity index (χ3v) is 2.65. The summed E-state index contributed by atoms with van der Waals surface area (Å²) in [4.78, 5) is 10.9. The molecule has 1 N–H and O–H groups in total. The molecule has 0 aliphatic carbocycles. The average molecular weight is 284 g/mol. The second-order valence-corrected chi connectivity index (χ2v) is 3.96. The monoisotopic (exact) mass is 283 g/mol. The predicted molar refractivity (Wildman–Crippen MR) is 62.2 cm³/mol. The van der Waals surface area contributed by atoms with Crippen LogP contribution < -0.4 is 5.32 Å². The molecule has 0 unspecified atom stereocenters. The normalized spacial score (nSPS) is 11.4. The standard InChI is InChI=1S/C10H9ClF3NOS/c11-8-2-1-7(10(12,13)14)3-6(8)4-15-9(16)5-17/h1-3,17H,4-5H2,(H,15,16). The molecule has 0 aliphatic heterocycles. The fourth-order valence-corrected chi connectivity index (χ4v) is 1.43. The van der Waals surface area contributed by atoms with Crippen LogP contribution in [0.1, 0.15) is 11.1 Å². The van der Waals surface area contributed by atoms with Gasteiger partial charge in [0.05, 0.1) is 11.3 Å². The van der Waals surface area contributed by atoms with E-state index in [1.165, 1.54) is 0 Å². The summed E-state index contributed by atoms with van der Waals surface area (Å²) in [5.74, 6) is -0.404. The van der Waals surface area contributed by atoms with Crippen LogP contribution in [-0.2, 0) is 17.5 Å². The third kappa shape index (κ3) is 4.12. The van der Waals surface area contributed by atoms with Gasteiger partial charge in [0.25, 0.3) is 0 Å². The van der Waals surface area contributed by atoms with Gasteiger partial charge in [0.15, 0.2) is 0 Å². The molecule has 0 spiro atoms. The summed E-state index contributed by atoms with van der Waals surface area (Å²) in [6.45, 7) is -0.0534. The largest absolute Gasteiger partial charge is 0.416 e. The van der Waals surface area contributed by atoms with E-state index >= 15 is 0 Å². The summed E-state index contributed by atoms with van der Waals surface area (Å²) in [7, 11) is 0. The van der Waals surface area contributed by atoms with Gasteiger partial charge in [-0.2, -0.15) is 25.8 Å². The van der Waals surface area contributed by atoms with Crippen molar-refractivity contribution in [3.63, 3.8) is 0 Å². The first kappa shape index (κ1) is 14.2. The molecule has 17 heavy (non-hydrogen) atoms. The number of hydrogen-bond acceptors (Lipinski definition) is 2. The van der Waals surface area contributed by atoms with Gasteiger partial charge >= 0.3 is 6.18 Å². The lowest BCUT2D eigenvalue weighted by Crippen LogP contribution is -2.24. The minimum atomic E-state index is -4.42. The summed E-state index contributed by atoms with van der Waals surface area (Å²) >= 11 is 9.46. The Balaban J connectivity index is 2.88. The van der Waals surface area contributed by atoms with Gasteiger partial charge < -0.3 is 5.32 Å². The number of nitrogens with one attached hydrogen (secondary N) is 1. The number of rotatable bonds is 3. The molecule has 0 saturated heterocycles. The number of hydrogen-bond donors (Lipinski definition) is 2. The second kappa shape index (κ2) is 5.64. The van der Waals surface area contributed by atoms with Crippen molar-refractivity contribution in [2.75, 3.05) is 5.75 Å². The molecule has 2 nitrogen and oxygen atoms in total. The number of carbonyl (C=O) groups excluding carboxylic acids is 1. The zero-order valence-corrected chi connectivity index (χ0v) is 10.2. The van der Waals surface area contributed by atoms with Crippen LogP contribution in [0.4, 0.5) is 13.2 Å². The lowest BCUT2D eigenvalue weighted by atomic mass is 10.1. The summed E-state index contributed by atoms with van der Waals surface area (Å²) in [6.07, 6.45) is -4.42. The van der Waals surface area contributed by atoms with E-state index in [1.807, 2.05) is 0 Å². The van der Waals surface area contributed by atoms with Crippen LogP contribution in [-0.4, -0.2) is 11.7 Å². The molecule has 0 atom stereocenters. The Labute approximate surface area is 107 Å². The summed E-state index contributed by atoms with van der Waals surface area (Å²) in [5.41, 5.74) is -0.575. The van der Waals surface area contributed by atoms with Gasteiger partial charge in [0.1, 0.15) is 0 Å². The molecule has 0 saturated carbocycles. The fraction of sp³-hybridized carbons (Fsp3) is 0.300. The highest BCUT2D eigenvalue weighted by atomic mass is 35.5. The van der Waals surface area contributed by atoms with Crippen LogP contribution in [0.2, 0.25) is 5.02 Å². The van der Waals surface area contributed by atoms with E-state index < -0.39 is 11.7 Å². The maximum Gasteiger partial charge on any atom is 0.416 e. The Hall–Kier alpha value is -0.880. The minimum Gasteiger partial charge on any atom is -0.351 e. The van der Waals surface area contributed by atoms with Crippen LogP contribution in [0.3, 0.4) is 0 Å². The number of carbonyl (C=O) groups is 1. The van der Waals surface area contributed by atoms with Crippen LogP contribution in [0, 0.1) is 0 Å². The first-order chi connectivity index (χ1) is 7.84. The number of amides is 1. The first-order valence-corrected chi connectivity index (χ1v) is 5.59. The molecule has 1 aromatic carbocycles. The number of alkyl halides is 3. The highest BCUT2D eigenvalue weighted by Crippen LogP contribution is 2.31. The van der Waals surface area contributed by atoms with Crippen LogP contribution in [0.5, 0.6) is 0 Å². The Morgan fingerprint density at radius 3 is 2.59 bits per heavy atom. The summed E-state index contributed by atoms with van der Waals surface area (Å²) < 4.78 is 37.3. The van der Waals surface area contributed by atoms with Gasteiger partial charge in [-0.25, -0.2) is 0 Å². The number of thiol groups is 1. The average Bonchev–Trinajstić information content (AvgIpc) is 2.26. The molecule has 1 rings (SSSR count). The van der Waals surface area contributed by atoms with Crippen molar-refractivity contribution in [1.82, 2.24) is 5.32 Å². The molecule has 1 amide bonds. The predicted octanol–water partition coefficient (Wildman–Crippen LogP) is 2.90. The van der Waals surface area contributed by atoms with E-state index in [0.29, 0.717) is 0 Å². The van der Waals surface area contributed by atoms with Crippen molar-refractivity contribution < 1.29 is 18.0 Å². The SMILES string of the molecule is O=C(CS)NCc1cc(C(F)(F)F)ccc1Cl. The molecule has 0 fully saturated rings. The zero-order valence-electron chi connectivity index (χ0n) is 8.51. The van der Waals surface area contributed by atoms with Crippen molar-refractivity contribution in [2.45, 2.75) is 12.7 Å². The van der Waals surface area contributed by atoms with Crippen molar-refractivity contribution in [3.8, 4) is 0 Å². The van der Waals surface area contributed by atoms with Crippen LogP contribution in [0.25, 0.3) is 0 Å². The molecule has 1 aromatic rings. The van der Waals surface area contributed by atoms with E-state index in [9.17, 15) is 18.0 Å². The Morgan fingerprint density at radius 2 is 2.06 bits per heavy atom. The fourth-order valence-electron chi connectivity index (χ4n) is 1.14. The molecule has 0 aliphatic rings. The highest BCUT2D eigenvalue weighted by molar-refractivity contribution is 7.81.